The lowest BCUT2D eigenvalue weighted by atomic mass is 9.91. The zero-order valence-electron chi connectivity index (χ0n) is 12.2. The second-order valence-corrected chi connectivity index (χ2v) is 5.17. The number of carboxylic acids is 2. The van der Waals surface area contributed by atoms with Crippen LogP contribution in [0.2, 0.25) is 5.02 Å². The van der Waals surface area contributed by atoms with E-state index >= 15 is 0 Å². The summed E-state index contributed by atoms with van der Waals surface area (Å²) in [6, 6.07) is 6.35. The third kappa shape index (κ3) is 2.74. The molecule has 0 saturated carbocycles. The van der Waals surface area contributed by atoms with Crippen molar-refractivity contribution in [2.24, 2.45) is 0 Å². The van der Waals surface area contributed by atoms with Gasteiger partial charge in [0, 0.05) is 11.1 Å². The zero-order valence-corrected chi connectivity index (χ0v) is 13.0. The van der Waals surface area contributed by atoms with Crippen LogP contribution in [-0.2, 0) is 0 Å². The number of carbonyl (C=O) groups is 2. The van der Waals surface area contributed by atoms with E-state index in [4.69, 9.17) is 16.9 Å². The van der Waals surface area contributed by atoms with Crippen molar-refractivity contribution in [2.45, 2.75) is 13.8 Å². The highest BCUT2D eigenvalue weighted by Crippen LogP contribution is 2.37. The number of halogens is 1. The molecule has 23 heavy (non-hydrogen) atoms. The molecule has 0 unspecified atom stereocenters. The number of aromatic carboxylic acids is 2. The van der Waals surface area contributed by atoms with E-state index in [2.05, 4.69) is 4.98 Å². The van der Waals surface area contributed by atoms with Crippen molar-refractivity contribution in [1.82, 2.24) is 4.98 Å². The lowest BCUT2D eigenvalue weighted by Crippen LogP contribution is -2.14. The van der Waals surface area contributed by atoms with E-state index in [1.807, 2.05) is 6.07 Å². The molecule has 0 aliphatic carbocycles. The molecule has 0 spiro atoms. The highest BCUT2D eigenvalue weighted by atomic mass is 35.5. The Morgan fingerprint density at radius 1 is 1.13 bits per heavy atom. The molecule has 6 nitrogen and oxygen atoms in total. The molecule has 0 radical (unpaired) electrons. The highest BCUT2D eigenvalue weighted by molar-refractivity contribution is 6.35. The Morgan fingerprint density at radius 2 is 1.65 bits per heavy atom. The van der Waals surface area contributed by atoms with Gasteiger partial charge >= 0.3 is 11.9 Å². The molecule has 0 atom stereocenters. The Kier molecular flexibility index (Phi) is 4.34. The standard InChI is InChI=1S/C16H11ClN2O4/c1-7-11(15(20)21)13(12(16(22)23)8(2)19-7)10-5-3-4-9(6-18)14(10)17/h3-5H,1-2H3,(H,20,21)(H,22,23). The third-order valence-corrected chi connectivity index (χ3v) is 3.78. The summed E-state index contributed by atoms with van der Waals surface area (Å²) in [6.07, 6.45) is 0. The van der Waals surface area contributed by atoms with Crippen molar-refractivity contribution in [3.63, 3.8) is 0 Å². The predicted molar refractivity (Wildman–Crippen MR) is 82.8 cm³/mol. The largest absolute Gasteiger partial charge is 0.478 e. The van der Waals surface area contributed by atoms with E-state index in [0.717, 1.165) is 0 Å². The second-order valence-electron chi connectivity index (χ2n) is 4.80. The van der Waals surface area contributed by atoms with Crippen LogP contribution >= 0.6 is 11.6 Å². The topological polar surface area (TPSA) is 111 Å². The Morgan fingerprint density at radius 3 is 2.09 bits per heavy atom. The zero-order chi connectivity index (χ0) is 17.3. The monoisotopic (exact) mass is 330 g/mol. The number of rotatable bonds is 3. The molecule has 0 aliphatic rings. The summed E-state index contributed by atoms with van der Waals surface area (Å²) in [5.74, 6) is -2.63. The molecule has 1 heterocycles. The molecule has 116 valence electrons. The Bertz CT molecular complexity index is 846. The van der Waals surface area contributed by atoms with Crippen LogP contribution in [-0.4, -0.2) is 27.1 Å². The number of nitriles is 1. The summed E-state index contributed by atoms with van der Waals surface area (Å²) in [5, 5.41) is 28.0. The predicted octanol–water partition coefficient (Wildman–Crippen LogP) is 3.29. The van der Waals surface area contributed by atoms with Gasteiger partial charge in [-0.2, -0.15) is 5.26 Å². The lowest BCUT2D eigenvalue weighted by molar-refractivity contribution is 0.0695. The van der Waals surface area contributed by atoms with Gasteiger partial charge in [-0.05, 0) is 19.9 Å². The van der Waals surface area contributed by atoms with Gasteiger partial charge in [0.15, 0.2) is 0 Å². The van der Waals surface area contributed by atoms with Gasteiger partial charge < -0.3 is 10.2 Å². The van der Waals surface area contributed by atoms with Crippen LogP contribution in [0.15, 0.2) is 18.2 Å². The summed E-state index contributed by atoms with van der Waals surface area (Å²) in [7, 11) is 0. The molecule has 0 aliphatic heterocycles. The fraction of sp³-hybridized carbons (Fsp3) is 0.125. The van der Waals surface area contributed by atoms with Crippen LogP contribution in [0.5, 0.6) is 0 Å². The SMILES string of the molecule is Cc1nc(C)c(C(=O)O)c(-c2cccc(C#N)c2Cl)c1C(=O)O. The number of nitrogens with zero attached hydrogens (tertiary/aromatic N) is 2. The average Bonchev–Trinajstić information content (AvgIpc) is 2.45. The summed E-state index contributed by atoms with van der Waals surface area (Å²) < 4.78 is 0. The number of aromatic nitrogens is 1. The first-order chi connectivity index (χ1) is 10.8. The van der Waals surface area contributed by atoms with Gasteiger partial charge in [0.1, 0.15) is 6.07 Å². The molecule has 0 saturated heterocycles. The number of aryl methyl sites for hydroxylation is 2. The minimum absolute atomic E-state index is 0.00463. The Labute approximate surface area is 136 Å². The van der Waals surface area contributed by atoms with E-state index in [0.29, 0.717) is 0 Å². The van der Waals surface area contributed by atoms with Crippen LogP contribution in [0.25, 0.3) is 11.1 Å². The maximum atomic E-state index is 11.6. The highest BCUT2D eigenvalue weighted by Gasteiger charge is 2.27. The molecular weight excluding hydrogens is 320 g/mol. The number of hydrogen-bond donors (Lipinski definition) is 2. The molecule has 7 heteroatoms. The van der Waals surface area contributed by atoms with Gasteiger partial charge in [0.25, 0.3) is 0 Å². The number of pyridine rings is 1. The molecule has 2 rings (SSSR count). The minimum atomic E-state index is -1.31. The number of benzene rings is 1. The number of hydrogen-bond acceptors (Lipinski definition) is 4. The molecule has 1 aromatic heterocycles. The third-order valence-electron chi connectivity index (χ3n) is 3.38. The Hall–Kier alpha value is -2.91. The van der Waals surface area contributed by atoms with E-state index < -0.39 is 11.9 Å². The maximum Gasteiger partial charge on any atom is 0.338 e. The van der Waals surface area contributed by atoms with Gasteiger partial charge in [-0.1, -0.05) is 23.7 Å². The van der Waals surface area contributed by atoms with Gasteiger partial charge in [0.2, 0.25) is 0 Å². The van der Waals surface area contributed by atoms with E-state index in [9.17, 15) is 19.8 Å². The van der Waals surface area contributed by atoms with Crippen molar-refractivity contribution in [3.8, 4) is 17.2 Å². The lowest BCUT2D eigenvalue weighted by Gasteiger charge is -2.16. The van der Waals surface area contributed by atoms with Crippen molar-refractivity contribution in [1.29, 1.82) is 5.26 Å². The van der Waals surface area contributed by atoms with E-state index in [-0.39, 0.29) is 44.2 Å². The van der Waals surface area contributed by atoms with E-state index in [1.165, 1.54) is 32.0 Å². The fourth-order valence-corrected chi connectivity index (χ4v) is 2.72. The number of carboxylic acid groups (broad SMARTS) is 2. The average molecular weight is 331 g/mol. The summed E-state index contributed by atoms with van der Waals surface area (Å²) in [4.78, 5) is 27.3. The Balaban J connectivity index is 3.04. The molecule has 1 aromatic carbocycles. The van der Waals surface area contributed by atoms with Crippen molar-refractivity contribution < 1.29 is 19.8 Å². The van der Waals surface area contributed by atoms with Crippen LogP contribution < -0.4 is 0 Å². The van der Waals surface area contributed by atoms with Crippen molar-refractivity contribution in [3.05, 3.63) is 51.3 Å². The maximum absolute atomic E-state index is 11.6. The first kappa shape index (κ1) is 16.5. The summed E-state index contributed by atoms with van der Waals surface area (Å²) in [5.41, 5.74) is 0.118. The normalized spacial score (nSPS) is 10.2. The fourth-order valence-electron chi connectivity index (χ4n) is 2.45. The molecule has 2 N–H and O–H groups in total. The van der Waals surface area contributed by atoms with Gasteiger partial charge in [-0.3, -0.25) is 4.98 Å². The molecular formula is C16H11ClN2O4. The van der Waals surface area contributed by atoms with E-state index in [1.54, 1.807) is 0 Å². The van der Waals surface area contributed by atoms with Crippen LogP contribution in [0.3, 0.4) is 0 Å². The molecule has 0 bridgehead atoms. The first-order valence-electron chi connectivity index (χ1n) is 6.46. The quantitative estimate of drug-likeness (QED) is 0.893. The van der Waals surface area contributed by atoms with Crippen LogP contribution in [0, 0.1) is 25.2 Å². The summed E-state index contributed by atoms with van der Waals surface area (Å²) in [6.45, 7) is 2.96. The summed E-state index contributed by atoms with van der Waals surface area (Å²) >= 11 is 6.17. The molecule has 0 fully saturated rings. The second kappa shape index (κ2) is 6.07. The van der Waals surface area contributed by atoms with Crippen molar-refractivity contribution >= 4 is 23.5 Å². The molecule has 0 amide bonds. The molecule has 2 aromatic rings. The van der Waals surface area contributed by atoms with Gasteiger partial charge in [-0.25, -0.2) is 9.59 Å². The van der Waals surface area contributed by atoms with Gasteiger partial charge in [0.05, 0.1) is 33.1 Å². The smallest absolute Gasteiger partial charge is 0.338 e. The van der Waals surface area contributed by atoms with Crippen LogP contribution in [0.4, 0.5) is 0 Å². The van der Waals surface area contributed by atoms with Crippen LogP contribution in [0.1, 0.15) is 37.7 Å². The first-order valence-corrected chi connectivity index (χ1v) is 6.84. The van der Waals surface area contributed by atoms with Gasteiger partial charge in [-0.15, -0.1) is 0 Å². The van der Waals surface area contributed by atoms with Crippen molar-refractivity contribution in [2.75, 3.05) is 0 Å². The minimum Gasteiger partial charge on any atom is -0.478 e.